The number of nitrogens with one attached hydrogen (secondary N) is 1. The Bertz CT molecular complexity index is 1090. The molecule has 11 heteroatoms. The molecule has 8 nitrogen and oxygen atoms in total. The Labute approximate surface area is 198 Å². The average Bonchev–Trinajstić information content (AvgIpc) is 3.35. The zero-order chi connectivity index (χ0) is 25.3. The lowest BCUT2D eigenvalue weighted by Gasteiger charge is -2.26. The number of rotatable bonds is 6. The predicted octanol–water partition coefficient (Wildman–Crippen LogP) is 2.89. The van der Waals surface area contributed by atoms with Gasteiger partial charge in [0.1, 0.15) is 18.7 Å². The molecule has 0 aromatic heterocycles. The van der Waals surface area contributed by atoms with Crippen molar-refractivity contribution in [2.45, 2.75) is 43.1 Å². The van der Waals surface area contributed by atoms with Crippen LogP contribution in [-0.4, -0.2) is 70.6 Å². The molecule has 2 aromatic rings. The normalized spacial score (nSPS) is 20.2. The molecule has 1 fully saturated rings. The van der Waals surface area contributed by atoms with Crippen LogP contribution in [0.3, 0.4) is 0 Å². The number of aliphatic hydroxyl groups is 1. The van der Waals surface area contributed by atoms with Crippen molar-refractivity contribution < 1.29 is 42.5 Å². The third kappa shape index (κ3) is 5.09. The second-order valence-electron chi connectivity index (χ2n) is 8.56. The second-order valence-corrected chi connectivity index (χ2v) is 8.56. The largest absolute Gasteiger partial charge is 0.480 e. The van der Waals surface area contributed by atoms with Crippen molar-refractivity contribution in [2.75, 3.05) is 13.2 Å². The molecule has 3 unspecified atom stereocenters. The van der Waals surface area contributed by atoms with E-state index in [0.29, 0.717) is 4.90 Å². The number of ether oxygens (including phenoxy) is 1. The molecule has 2 aromatic carbocycles. The fourth-order valence-electron chi connectivity index (χ4n) is 4.65. The maximum atomic E-state index is 13.6. The number of aliphatic carboxylic acids is 1. The van der Waals surface area contributed by atoms with Gasteiger partial charge in [-0.3, -0.25) is 4.79 Å². The van der Waals surface area contributed by atoms with Gasteiger partial charge in [0.2, 0.25) is 5.91 Å². The number of carbonyl (C=O) groups excluding carboxylic acids is 2. The second kappa shape index (κ2) is 9.57. The van der Waals surface area contributed by atoms with E-state index in [1.54, 1.807) is 5.32 Å². The number of hydrogen-bond donors (Lipinski definition) is 3. The monoisotopic (exact) mass is 492 g/mol. The molecule has 35 heavy (non-hydrogen) atoms. The van der Waals surface area contributed by atoms with Crippen molar-refractivity contribution in [1.29, 1.82) is 0 Å². The molecule has 4 rings (SSSR count). The minimum Gasteiger partial charge on any atom is -0.480 e. The van der Waals surface area contributed by atoms with Gasteiger partial charge in [-0.1, -0.05) is 48.5 Å². The van der Waals surface area contributed by atoms with E-state index >= 15 is 0 Å². The zero-order valence-corrected chi connectivity index (χ0v) is 18.4. The lowest BCUT2D eigenvalue weighted by atomic mass is 9.98. The standard InChI is InChI=1S/C24H23F3N2O6/c25-24(26,27)20(10-21(31)29-11-13(30)9-19(29)22(32)33)28-23(34)35-12-18-16-7-3-1-5-14(16)15-6-2-4-8-17(15)18/h1-8,13,18-20,30H,9-12H2,(H,28,34)(H,32,33). The van der Waals surface area contributed by atoms with Gasteiger partial charge in [-0.15, -0.1) is 0 Å². The van der Waals surface area contributed by atoms with Crippen molar-refractivity contribution in [3.63, 3.8) is 0 Å². The number of alkyl carbamates (subject to hydrolysis) is 1. The van der Waals surface area contributed by atoms with E-state index in [0.717, 1.165) is 22.3 Å². The van der Waals surface area contributed by atoms with Gasteiger partial charge >= 0.3 is 18.2 Å². The molecule has 1 aliphatic carbocycles. The number of fused-ring (bicyclic) bond motifs is 3. The highest BCUT2D eigenvalue weighted by molar-refractivity contribution is 5.85. The first-order chi connectivity index (χ1) is 16.6. The van der Waals surface area contributed by atoms with Gasteiger partial charge in [-0.05, 0) is 22.3 Å². The molecule has 0 spiro atoms. The number of benzene rings is 2. The minimum absolute atomic E-state index is 0.211. The Morgan fingerprint density at radius 3 is 2.17 bits per heavy atom. The molecule has 1 saturated heterocycles. The summed E-state index contributed by atoms with van der Waals surface area (Å²) in [5, 5.41) is 20.5. The summed E-state index contributed by atoms with van der Waals surface area (Å²) in [4.78, 5) is 36.7. The number of aliphatic hydroxyl groups excluding tert-OH is 1. The fourth-order valence-corrected chi connectivity index (χ4v) is 4.65. The summed E-state index contributed by atoms with van der Waals surface area (Å²) in [5.74, 6) is -2.93. The number of carboxylic acids is 1. The van der Waals surface area contributed by atoms with Gasteiger partial charge in [0.05, 0.1) is 12.5 Å². The smallest absolute Gasteiger partial charge is 0.409 e. The molecule has 1 aliphatic heterocycles. The highest BCUT2D eigenvalue weighted by Crippen LogP contribution is 2.44. The van der Waals surface area contributed by atoms with E-state index in [1.165, 1.54) is 0 Å². The predicted molar refractivity (Wildman–Crippen MR) is 116 cm³/mol. The summed E-state index contributed by atoms with van der Waals surface area (Å²) >= 11 is 0. The highest BCUT2D eigenvalue weighted by atomic mass is 19.4. The SMILES string of the molecule is O=C(NC(CC(=O)N1CC(O)CC1C(=O)O)C(F)(F)F)OCC1c2ccccc2-c2ccccc21. The maximum Gasteiger partial charge on any atom is 0.409 e. The number of likely N-dealkylation sites (tertiary alicyclic amines) is 1. The van der Waals surface area contributed by atoms with Crippen LogP contribution in [0.15, 0.2) is 48.5 Å². The maximum absolute atomic E-state index is 13.6. The first-order valence-electron chi connectivity index (χ1n) is 10.9. The number of nitrogens with zero attached hydrogens (tertiary/aromatic N) is 1. The Hall–Kier alpha value is -3.60. The van der Waals surface area contributed by atoms with Gasteiger partial charge in [0.25, 0.3) is 0 Å². The number of alkyl halides is 3. The van der Waals surface area contributed by atoms with E-state index in [2.05, 4.69) is 0 Å². The average molecular weight is 492 g/mol. The Morgan fingerprint density at radius 1 is 1.06 bits per heavy atom. The molecular formula is C24H23F3N2O6. The van der Waals surface area contributed by atoms with Crippen LogP contribution < -0.4 is 5.32 Å². The van der Waals surface area contributed by atoms with Crippen LogP contribution in [0.2, 0.25) is 0 Å². The van der Waals surface area contributed by atoms with Crippen molar-refractivity contribution in [2.24, 2.45) is 0 Å². The van der Waals surface area contributed by atoms with Crippen LogP contribution in [0.1, 0.15) is 29.9 Å². The lowest BCUT2D eigenvalue weighted by Crippen LogP contribution is -2.50. The Kier molecular flexibility index (Phi) is 6.70. The summed E-state index contributed by atoms with van der Waals surface area (Å²) in [5.41, 5.74) is 3.68. The molecule has 0 saturated carbocycles. The molecule has 2 amide bonds. The molecule has 3 N–H and O–H groups in total. The Morgan fingerprint density at radius 2 is 1.63 bits per heavy atom. The van der Waals surface area contributed by atoms with Crippen LogP contribution in [-0.2, 0) is 14.3 Å². The third-order valence-electron chi connectivity index (χ3n) is 6.29. The first kappa shape index (κ1) is 24.5. The van der Waals surface area contributed by atoms with E-state index in [4.69, 9.17) is 4.74 Å². The summed E-state index contributed by atoms with van der Waals surface area (Å²) in [6, 6.07) is 10.9. The van der Waals surface area contributed by atoms with Crippen molar-refractivity contribution in [3.8, 4) is 11.1 Å². The molecule has 1 heterocycles. The van der Waals surface area contributed by atoms with Crippen LogP contribution in [0.5, 0.6) is 0 Å². The first-order valence-corrected chi connectivity index (χ1v) is 10.9. The summed E-state index contributed by atoms with van der Waals surface area (Å²) < 4.78 is 45.9. The number of β-amino-alcohol motifs (C(OH)–C–C–N with tert-alkyl or cyclic N) is 1. The topological polar surface area (TPSA) is 116 Å². The number of amides is 2. The molecule has 2 aliphatic rings. The lowest BCUT2D eigenvalue weighted by molar-refractivity contribution is -0.165. The molecule has 0 bridgehead atoms. The molecule has 186 valence electrons. The van der Waals surface area contributed by atoms with E-state index < -0.39 is 55.3 Å². The van der Waals surface area contributed by atoms with Crippen LogP contribution >= 0.6 is 0 Å². The number of halogens is 3. The quantitative estimate of drug-likeness (QED) is 0.571. The Balaban J connectivity index is 1.42. The number of carbonyl (C=O) groups is 3. The van der Waals surface area contributed by atoms with Gasteiger partial charge < -0.3 is 25.2 Å². The van der Waals surface area contributed by atoms with Crippen LogP contribution in [0.4, 0.5) is 18.0 Å². The molecule has 3 atom stereocenters. The van der Waals surface area contributed by atoms with Gasteiger partial charge in [0, 0.05) is 18.9 Å². The highest BCUT2D eigenvalue weighted by Gasteiger charge is 2.46. The van der Waals surface area contributed by atoms with Crippen LogP contribution in [0.25, 0.3) is 11.1 Å². The van der Waals surface area contributed by atoms with Crippen molar-refractivity contribution in [1.82, 2.24) is 10.2 Å². The zero-order valence-electron chi connectivity index (χ0n) is 18.4. The van der Waals surface area contributed by atoms with Crippen molar-refractivity contribution >= 4 is 18.0 Å². The summed E-state index contributed by atoms with van der Waals surface area (Å²) in [7, 11) is 0. The fraction of sp³-hybridized carbons (Fsp3) is 0.375. The van der Waals surface area contributed by atoms with E-state index in [9.17, 15) is 37.8 Å². The van der Waals surface area contributed by atoms with Gasteiger partial charge in [-0.25, -0.2) is 9.59 Å². The third-order valence-corrected chi connectivity index (χ3v) is 6.29. The summed E-state index contributed by atoms with van der Waals surface area (Å²) in [6.07, 6.45) is -8.99. The molecular weight excluding hydrogens is 469 g/mol. The number of carboxylic acid groups (broad SMARTS) is 1. The van der Waals surface area contributed by atoms with Gasteiger partial charge in [0.15, 0.2) is 0 Å². The van der Waals surface area contributed by atoms with E-state index in [1.807, 2.05) is 48.5 Å². The van der Waals surface area contributed by atoms with E-state index in [-0.39, 0.29) is 18.9 Å². The van der Waals surface area contributed by atoms with Crippen molar-refractivity contribution in [3.05, 3.63) is 59.7 Å². The minimum atomic E-state index is -4.99. The number of hydrogen-bond acceptors (Lipinski definition) is 5. The summed E-state index contributed by atoms with van der Waals surface area (Å²) in [6.45, 7) is -0.608. The molecule has 0 radical (unpaired) electrons. The van der Waals surface area contributed by atoms with Gasteiger partial charge in [-0.2, -0.15) is 13.2 Å². The van der Waals surface area contributed by atoms with Crippen LogP contribution in [0, 0.1) is 0 Å².